The maximum absolute atomic E-state index is 12.0. The first kappa shape index (κ1) is 18.5. The fourth-order valence-electron chi connectivity index (χ4n) is 2.61. The average Bonchev–Trinajstić information content (AvgIpc) is 2.71. The summed E-state index contributed by atoms with van der Waals surface area (Å²) >= 11 is 0. The van der Waals surface area contributed by atoms with Gasteiger partial charge in [-0.15, -0.1) is 0 Å². The molecule has 1 amide bonds. The number of carbonyl (C=O) groups is 2. The molecule has 0 bridgehead atoms. The molecule has 0 aromatic heterocycles. The van der Waals surface area contributed by atoms with Crippen LogP contribution in [0.15, 0.2) is 54.6 Å². The van der Waals surface area contributed by atoms with E-state index in [9.17, 15) is 9.59 Å². The maximum atomic E-state index is 12.0. The second-order valence-corrected chi connectivity index (χ2v) is 6.04. The van der Waals surface area contributed by atoms with Crippen LogP contribution in [-0.2, 0) is 14.3 Å². The summed E-state index contributed by atoms with van der Waals surface area (Å²) in [5.41, 5.74) is 1.76. The third-order valence-electron chi connectivity index (χ3n) is 4.00. The topological polar surface area (TPSA) is 73.9 Å². The summed E-state index contributed by atoms with van der Waals surface area (Å²) in [4.78, 5) is 23.7. The second-order valence-electron chi connectivity index (χ2n) is 6.04. The second kappa shape index (κ2) is 8.89. The van der Waals surface area contributed by atoms with Gasteiger partial charge in [0.1, 0.15) is 13.2 Å². The molecular formula is C21H21NO5. The number of rotatable bonds is 6. The molecule has 140 valence electrons. The van der Waals surface area contributed by atoms with Gasteiger partial charge >= 0.3 is 5.97 Å². The molecular weight excluding hydrogens is 346 g/mol. The highest BCUT2D eigenvalue weighted by Gasteiger charge is 2.16. The molecule has 0 saturated heterocycles. The van der Waals surface area contributed by atoms with E-state index in [1.165, 1.54) is 6.08 Å². The molecule has 1 unspecified atom stereocenters. The molecule has 2 aromatic rings. The Morgan fingerprint density at radius 3 is 2.63 bits per heavy atom. The highest BCUT2D eigenvalue weighted by molar-refractivity contribution is 5.89. The predicted molar refractivity (Wildman–Crippen MR) is 100 cm³/mol. The Morgan fingerprint density at radius 2 is 1.85 bits per heavy atom. The fraction of sp³-hybridized carbons (Fsp3) is 0.238. The average molecular weight is 367 g/mol. The Kier molecular flexibility index (Phi) is 6.10. The van der Waals surface area contributed by atoms with Crippen LogP contribution < -0.4 is 14.8 Å². The molecule has 6 nitrogen and oxygen atoms in total. The van der Waals surface area contributed by atoms with E-state index in [4.69, 9.17) is 14.2 Å². The Bertz CT molecular complexity index is 832. The standard InChI is InChI=1S/C21H21NO5/c1-15(17-8-9-18-19(13-17)26-12-11-25-18)22-20(23)14-27-21(24)10-7-16-5-3-2-4-6-16/h2-10,13,15H,11-12,14H2,1H3,(H,22,23)/b10-7+. The van der Waals surface area contributed by atoms with E-state index in [-0.39, 0.29) is 18.6 Å². The highest BCUT2D eigenvalue weighted by atomic mass is 16.6. The molecule has 6 heteroatoms. The molecule has 1 atom stereocenters. The smallest absolute Gasteiger partial charge is 0.331 e. The van der Waals surface area contributed by atoms with Gasteiger partial charge < -0.3 is 19.5 Å². The molecule has 1 N–H and O–H groups in total. The number of benzene rings is 2. The maximum Gasteiger partial charge on any atom is 0.331 e. The van der Waals surface area contributed by atoms with Crippen molar-refractivity contribution < 1.29 is 23.8 Å². The van der Waals surface area contributed by atoms with Gasteiger partial charge in [-0.25, -0.2) is 4.79 Å². The number of fused-ring (bicyclic) bond motifs is 1. The Hall–Kier alpha value is -3.28. The van der Waals surface area contributed by atoms with E-state index in [0.29, 0.717) is 24.7 Å². The van der Waals surface area contributed by atoms with Crippen LogP contribution in [0.3, 0.4) is 0 Å². The van der Waals surface area contributed by atoms with E-state index in [2.05, 4.69) is 5.32 Å². The van der Waals surface area contributed by atoms with Crippen molar-refractivity contribution in [2.24, 2.45) is 0 Å². The van der Waals surface area contributed by atoms with Crippen LogP contribution in [0.1, 0.15) is 24.1 Å². The summed E-state index contributed by atoms with van der Waals surface area (Å²) in [6.07, 6.45) is 2.94. The van der Waals surface area contributed by atoms with E-state index in [1.54, 1.807) is 6.08 Å². The van der Waals surface area contributed by atoms with Crippen molar-refractivity contribution in [1.82, 2.24) is 5.32 Å². The van der Waals surface area contributed by atoms with Gasteiger partial charge in [-0.05, 0) is 36.3 Å². The van der Waals surface area contributed by atoms with E-state index in [1.807, 2.05) is 55.5 Å². The van der Waals surface area contributed by atoms with Gasteiger partial charge in [-0.2, -0.15) is 0 Å². The third-order valence-corrected chi connectivity index (χ3v) is 4.00. The fourth-order valence-corrected chi connectivity index (χ4v) is 2.61. The van der Waals surface area contributed by atoms with Gasteiger partial charge in [0.05, 0.1) is 6.04 Å². The zero-order chi connectivity index (χ0) is 19.1. The first-order valence-electron chi connectivity index (χ1n) is 8.70. The lowest BCUT2D eigenvalue weighted by atomic mass is 10.1. The van der Waals surface area contributed by atoms with Crippen molar-refractivity contribution in [3.8, 4) is 11.5 Å². The van der Waals surface area contributed by atoms with E-state index < -0.39 is 5.97 Å². The SMILES string of the molecule is CC(NC(=O)COC(=O)/C=C/c1ccccc1)c1ccc2c(c1)OCCO2. The van der Waals surface area contributed by atoms with Crippen molar-refractivity contribution in [2.75, 3.05) is 19.8 Å². The molecule has 0 aliphatic carbocycles. The first-order chi connectivity index (χ1) is 13.1. The van der Waals surface area contributed by atoms with Crippen molar-refractivity contribution in [2.45, 2.75) is 13.0 Å². The molecule has 1 aliphatic rings. The van der Waals surface area contributed by atoms with Gasteiger partial charge in [-0.3, -0.25) is 4.79 Å². The number of hydrogen-bond acceptors (Lipinski definition) is 5. The quantitative estimate of drug-likeness (QED) is 0.628. The van der Waals surface area contributed by atoms with Crippen LogP contribution in [0.5, 0.6) is 11.5 Å². The lowest BCUT2D eigenvalue weighted by Gasteiger charge is -2.21. The summed E-state index contributed by atoms with van der Waals surface area (Å²) in [6.45, 7) is 2.54. The van der Waals surface area contributed by atoms with Crippen LogP contribution in [0.25, 0.3) is 6.08 Å². The van der Waals surface area contributed by atoms with Crippen molar-refractivity contribution in [3.63, 3.8) is 0 Å². The van der Waals surface area contributed by atoms with Crippen molar-refractivity contribution in [1.29, 1.82) is 0 Å². The van der Waals surface area contributed by atoms with Crippen LogP contribution in [-0.4, -0.2) is 31.7 Å². The molecule has 2 aromatic carbocycles. The summed E-state index contributed by atoms with van der Waals surface area (Å²) in [7, 11) is 0. The number of esters is 1. The molecule has 3 rings (SSSR count). The molecule has 0 spiro atoms. The molecule has 27 heavy (non-hydrogen) atoms. The monoisotopic (exact) mass is 367 g/mol. The summed E-state index contributed by atoms with van der Waals surface area (Å²) in [5.74, 6) is 0.417. The van der Waals surface area contributed by atoms with E-state index >= 15 is 0 Å². The van der Waals surface area contributed by atoms with Gasteiger partial charge in [0, 0.05) is 6.08 Å². The number of carbonyl (C=O) groups excluding carboxylic acids is 2. The third kappa shape index (κ3) is 5.34. The number of amides is 1. The van der Waals surface area contributed by atoms with Gasteiger partial charge in [0.25, 0.3) is 5.91 Å². The summed E-state index contributed by atoms with van der Waals surface area (Å²) < 4.78 is 16.0. The van der Waals surface area contributed by atoms with Crippen LogP contribution >= 0.6 is 0 Å². The van der Waals surface area contributed by atoms with Crippen LogP contribution in [0, 0.1) is 0 Å². The van der Waals surface area contributed by atoms with Gasteiger partial charge in [0.2, 0.25) is 0 Å². The summed E-state index contributed by atoms with van der Waals surface area (Å²) in [6, 6.07) is 14.6. The Morgan fingerprint density at radius 1 is 1.11 bits per heavy atom. The molecule has 0 fully saturated rings. The summed E-state index contributed by atoms with van der Waals surface area (Å²) in [5, 5.41) is 2.80. The Labute approximate surface area is 157 Å². The van der Waals surface area contributed by atoms with Crippen LogP contribution in [0.2, 0.25) is 0 Å². The molecule has 0 saturated carbocycles. The molecule has 1 aliphatic heterocycles. The van der Waals surface area contributed by atoms with Gasteiger partial charge in [-0.1, -0.05) is 36.4 Å². The number of nitrogens with one attached hydrogen (secondary N) is 1. The number of hydrogen-bond donors (Lipinski definition) is 1. The van der Waals surface area contributed by atoms with Gasteiger partial charge in [0.15, 0.2) is 18.1 Å². The lowest BCUT2D eigenvalue weighted by molar-refractivity contribution is -0.144. The minimum Gasteiger partial charge on any atom is -0.486 e. The lowest BCUT2D eigenvalue weighted by Crippen LogP contribution is -2.31. The van der Waals surface area contributed by atoms with Crippen LogP contribution in [0.4, 0.5) is 0 Å². The molecule has 0 radical (unpaired) electrons. The highest BCUT2D eigenvalue weighted by Crippen LogP contribution is 2.32. The zero-order valence-electron chi connectivity index (χ0n) is 15.0. The molecule has 1 heterocycles. The predicted octanol–water partition coefficient (Wildman–Crippen LogP) is 2.89. The zero-order valence-corrected chi connectivity index (χ0v) is 15.0. The van der Waals surface area contributed by atoms with Crippen molar-refractivity contribution >= 4 is 18.0 Å². The van der Waals surface area contributed by atoms with E-state index in [0.717, 1.165) is 11.1 Å². The number of ether oxygens (including phenoxy) is 3. The van der Waals surface area contributed by atoms with Crippen molar-refractivity contribution in [3.05, 3.63) is 65.7 Å². The normalized spacial score (nSPS) is 13.8. The Balaban J connectivity index is 1.47. The first-order valence-corrected chi connectivity index (χ1v) is 8.70. The largest absolute Gasteiger partial charge is 0.486 e. The minimum atomic E-state index is -0.569. The minimum absolute atomic E-state index is 0.258.